The number of alkyl halides is 1. The number of carbonyl (C=O) groups is 2. The smallest absolute Gasteiger partial charge is 0.261 e. The molecule has 1 aliphatic heterocycles. The van der Waals surface area contributed by atoms with E-state index in [-0.39, 0.29) is 16.1 Å². The summed E-state index contributed by atoms with van der Waals surface area (Å²) in [5.74, 6) is -0.402. The lowest BCUT2D eigenvalue weighted by Gasteiger charge is -2.22. The highest BCUT2D eigenvalue weighted by atomic mass is 79.9. The summed E-state index contributed by atoms with van der Waals surface area (Å²) in [6.45, 7) is 4.23. The van der Waals surface area contributed by atoms with E-state index in [1.165, 1.54) is 4.90 Å². The van der Waals surface area contributed by atoms with Gasteiger partial charge in [-0.15, -0.1) is 0 Å². The molecule has 84 valence electrons. The van der Waals surface area contributed by atoms with Gasteiger partial charge in [0.1, 0.15) is 0 Å². The molecular weight excluding hydrogens is 270 g/mol. The Hall–Kier alpha value is -1.16. The molecule has 1 aromatic carbocycles. The minimum absolute atomic E-state index is 0.201. The Labute approximate surface area is 103 Å². The topological polar surface area (TPSA) is 37.4 Å². The van der Waals surface area contributed by atoms with E-state index in [0.717, 1.165) is 0 Å². The van der Waals surface area contributed by atoms with Crippen LogP contribution in [0.2, 0.25) is 0 Å². The Morgan fingerprint density at radius 3 is 1.94 bits per heavy atom. The van der Waals surface area contributed by atoms with Gasteiger partial charge in [-0.2, -0.15) is 0 Å². The van der Waals surface area contributed by atoms with Crippen LogP contribution in [-0.2, 0) is 0 Å². The zero-order chi connectivity index (χ0) is 11.9. The van der Waals surface area contributed by atoms with E-state index in [4.69, 9.17) is 0 Å². The van der Waals surface area contributed by atoms with Crippen LogP contribution in [-0.4, -0.2) is 27.6 Å². The first kappa shape index (κ1) is 11.3. The van der Waals surface area contributed by atoms with Crippen molar-refractivity contribution in [1.29, 1.82) is 0 Å². The zero-order valence-electron chi connectivity index (χ0n) is 9.16. The van der Waals surface area contributed by atoms with Crippen molar-refractivity contribution in [2.75, 3.05) is 6.54 Å². The molecule has 0 spiro atoms. The molecule has 0 saturated heterocycles. The fourth-order valence-electron chi connectivity index (χ4n) is 1.76. The molecule has 0 fully saturated rings. The van der Waals surface area contributed by atoms with E-state index in [9.17, 15) is 9.59 Å². The van der Waals surface area contributed by atoms with Crippen molar-refractivity contribution >= 4 is 27.7 Å². The molecule has 0 aromatic heterocycles. The maximum atomic E-state index is 12.0. The van der Waals surface area contributed by atoms with Crippen molar-refractivity contribution in [1.82, 2.24) is 4.90 Å². The molecule has 0 aliphatic carbocycles. The number of nitrogens with zero attached hydrogens (tertiary/aromatic N) is 1. The molecule has 0 bridgehead atoms. The number of carbonyl (C=O) groups excluding carboxylic acids is 2. The summed E-state index contributed by atoms with van der Waals surface area (Å²) in [7, 11) is 0. The highest BCUT2D eigenvalue weighted by Gasteiger charge is 2.37. The molecule has 4 heteroatoms. The Kier molecular flexibility index (Phi) is 2.62. The number of hydrogen-bond acceptors (Lipinski definition) is 2. The van der Waals surface area contributed by atoms with Crippen molar-refractivity contribution in [2.45, 2.75) is 18.2 Å². The van der Waals surface area contributed by atoms with Crippen LogP contribution in [0.4, 0.5) is 0 Å². The minimum Gasteiger partial charge on any atom is -0.273 e. The first-order valence-corrected chi connectivity index (χ1v) is 5.83. The van der Waals surface area contributed by atoms with Crippen molar-refractivity contribution < 1.29 is 9.59 Å². The van der Waals surface area contributed by atoms with Crippen molar-refractivity contribution in [3.63, 3.8) is 0 Å². The quantitative estimate of drug-likeness (QED) is 0.617. The van der Waals surface area contributed by atoms with E-state index < -0.39 is 0 Å². The number of rotatable bonds is 2. The van der Waals surface area contributed by atoms with Gasteiger partial charge < -0.3 is 0 Å². The summed E-state index contributed by atoms with van der Waals surface area (Å²) >= 11 is 3.44. The third-order valence-electron chi connectivity index (χ3n) is 2.41. The minimum atomic E-state index is -0.264. The lowest BCUT2D eigenvalue weighted by atomic mass is 10.1. The number of hydrogen-bond donors (Lipinski definition) is 0. The van der Waals surface area contributed by atoms with Crippen LogP contribution in [0.3, 0.4) is 0 Å². The Bertz CT molecular complexity index is 427. The van der Waals surface area contributed by atoms with Gasteiger partial charge in [0.05, 0.1) is 11.1 Å². The van der Waals surface area contributed by atoms with Crippen LogP contribution < -0.4 is 0 Å². The van der Waals surface area contributed by atoms with E-state index >= 15 is 0 Å². The van der Waals surface area contributed by atoms with Gasteiger partial charge in [0.15, 0.2) is 0 Å². The molecule has 16 heavy (non-hydrogen) atoms. The molecule has 0 N–H and O–H groups in total. The first-order chi connectivity index (χ1) is 7.40. The zero-order valence-corrected chi connectivity index (χ0v) is 10.7. The molecule has 1 aromatic rings. The number of amides is 2. The molecule has 0 radical (unpaired) electrons. The molecule has 0 unspecified atom stereocenters. The number of fused-ring (bicyclic) bond motifs is 1. The predicted molar refractivity (Wildman–Crippen MR) is 64.8 cm³/mol. The summed E-state index contributed by atoms with van der Waals surface area (Å²) in [4.78, 5) is 25.2. The monoisotopic (exact) mass is 281 g/mol. The third kappa shape index (κ3) is 1.89. The SMILES string of the molecule is CC(C)(Br)CN1C(=O)c2ccccc2C1=O. The Morgan fingerprint density at radius 2 is 1.56 bits per heavy atom. The van der Waals surface area contributed by atoms with Gasteiger partial charge in [0.2, 0.25) is 0 Å². The maximum Gasteiger partial charge on any atom is 0.261 e. The van der Waals surface area contributed by atoms with E-state index in [2.05, 4.69) is 15.9 Å². The van der Waals surface area contributed by atoms with E-state index in [0.29, 0.717) is 17.7 Å². The van der Waals surface area contributed by atoms with Crippen molar-refractivity contribution in [3.05, 3.63) is 35.4 Å². The van der Waals surface area contributed by atoms with Crippen molar-refractivity contribution in [3.8, 4) is 0 Å². The molecule has 0 saturated carbocycles. The fraction of sp³-hybridized carbons (Fsp3) is 0.333. The standard InChI is InChI=1S/C12H12BrNO2/c1-12(2,13)7-14-10(15)8-5-3-4-6-9(8)11(14)16/h3-6H,7H2,1-2H3. The van der Waals surface area contributed by atoms with Crippen LogP contribution >= 0.6 is 15.9 Å². The van der Waals surface area contributed by atoms with Gasteiger partial charge in [0, 0.05) is 10.9 Å². The number of imide groups is 1. The average molecular weight is 282 g/mol. The normalized spacial score (nSPS) is 15.6. The van der Waals surface area contributed by atoms with Crippen LogP contribution in [0.1, 0.15) is 34.6 Å². The van der Waals surface area contributed by atoms with Crippen molar-refractivity contribution in [2.24, 2.45) is 0 Å². The summed E-state index contributed by atoms with van der Waals surface area (Å²) in [5, 5.41) is 0. The second-order valence-corrected chi connectivity index (χ2v) is 6.61. The largest absolute Gasteiger partial charge is 0.273 e. The highest BCUT2D eigenvalue weighted by molar-refractivity contribution is 9.10. The van der Waals surface area contributed by atoms with Gasteiger partial charge in [-0.1, -0.05) is 28.1 Å². The second kappa shape index (κ2) is 3.70. The van der Waals surface area contributed by atoms with Crippen LogP contribution in [0.25, 0.3) is 0 Å². The van der Waals surface area contributed by atoms with Crippen LogP contribution in [0.15, 0.2) is 24.3 Å². The van der Waals surface area contributed by atoms with Gasteiger partial charge >= 0.3 is 0 Å². The summed E-state index contributed by atoms with van der Waals surface area (Å²) in [5.41, 5.74) is 1.01. The summed E-state index contributed by atoms with van der Waals surface area (Å²) in [6.07, 6.45) is 0. The average Bonchev–Trinajstić information content (AvgIpc) is 2.43. The number of benzene rings is 1. The fourth-order valence-corrected chi connectivity index (χ4v) is 2.01. The molecule has 1 heterocycles. The summed E-state index contributed by atoms with van der Waals surface area (Å²) in [6, 6.07) is 6.92. The van der Waals surface area contributed by atoms with Crippen LogP contribution in [0, 0.1) is 0 Å². The van der Waals surface area contributed by atoms with Gasteiger partial charge in [-0.25, -0.2) is 0 Å². The second-order valence-electron chi connectivity index (χ2n) is 4.46. The van der Waals surface area contributed by atoms with E-state index in [1.807, 2.05) is 13.8 Å². The lowest BCUT2D eigenvalue weighted by Crippen LogP contribution is -2.38. The first-order valence-electron chi connectivity index (χ1n) is 5.04. The Balaban J connectivity index is 2.36. The Morgan fingerprint density at radius 1 is 1.12 bits per heavy atom. The van der Waals surface area contributed by atoms with Gasteiger partial charge in [-0.3, -0.25) is 14.5 Å². The maximum absolute atomic E-state index is 12.0. The third-order valence-corrected chi connectivity index (χ3v) is 2.66. The van der Waals surface area contributed by atoms with Crippen LogP contribution in [0.5, 0.6) is 0 Å². The van der Waals surface area contributed by atoms with E-state index in [1.54, 1.807) is 24.3 Å². The molecule has 2 amide bonds. The molecular formula is C12H12BrNO2. The predicted octanol–water partition coefficient (Wildman–Crippen LogP) is 2.46. The van der Waals surface area contributed by atoms with Gasteiger partial charge in [-0.05, 0) is 26.0 Å². The lowest BCUT2D eigenvalue weighted by molar-refractivity contribution is 0.0644. The van der Waals surface area contributed by atoms with Gasteiger partial charge in [0.25, 0.3) is 11.8 Å². The number of halogens is 1. The molecule has 0 atom stereocenters. The summed E-state index contributed by atoms with van der Waals surface area (Å²) < 4.78 is -0.264. The highest BCUT2D eigenvalue weighted by Crippen LogP contribution is 2.26. The molecule has 1 aliphatic rings. The molecule has 2 rings (SSSR count). The molecule has 3 nitrogen and oxygen atoms in total.